The summed E-state index contributed by atoms with van der Waals surface area (Å²) >= 11 is 0. The van der Waals surface area contributed by atoms with E-state index < -0.39 is 10.0 Å². The van der Waals surface area contributed by atoms with Crippen molar-refractivity contribution in [3.05, 3.63) is 42.0 Å². The lowest BCUT2D eigenvalue weighted by Crippen LogP contribution is -2.35. The minimum atomic E-state index is -3.58. The van der Waals surface area contributed by atoms with Crippen LogP contribution in [0.3, 0.4) is 0 Å². The fraction of sp³-hybridized carbons (Fsp3) is 0.471. The highest BCUT2D eigenvalue weighted by Gasteiger charge is 2.38. The molecule has 1 aromatic rings. The summed E-state index contributed by atoms with van der Waals surface area (Å²) in [6.07, 6.45) is 6.19. The van der Waals surface area contributed by atoms with Gasteiger partial charge in [-0.2, -0.15) is 13.5 Å². The minimum absolute atomic E-state index is 0.00631. The Morgan fingerprint density at radius 2 is 1.86 bits per heavy atom. The summed E-state index contributed by atoms with van der Waals surface area (Å²) in [5.74, 6) is 0.972. The molecule has 0 bridgehead atoms. The maximum atomic E-state index is 12.3. The Morgan fingerprint density at radius 3 is 2.45 bits per heavy atom. The molecule has 0 aliphatic heterocycles. The lowest BCUT2D eigenvalue weighted by Gasteiger charge is -2.31. The SMILES string of the molecule is CC(C)(C)c1ccc(S(=O)(=O)N/N=C2/C[C@@H]3C=CC[C@H]23)cc1. The third kappa shape index (κ3) is 2.82. The molecule has 0 radical (unpaired) electrons. The van der Waals surface area contributed by atoms with E-state index in [9.17, 15) is 8.42 Å². The van der Waals surface area contributed by atoms with Crippen molar-refractivity contribution in [2.24, 2.45) is 16.9 Å². The Morgan fingerprint density at radius 1 is 1.18 bits per heavy atom. The molecular weight excluding hydrogens is 296 g/mol. The number of sulfonamides is 1. The van der Waals surface area contributed by atoms with E-state index in [-0.39, 0.29) is 10.3 Å². The summed E-state index contributed by atoms with van der Waals surface area (Å²) in [6.45, 7) is 6.30. The number of hydrogen-bond donors (Lipinski definition) is 1. The Labute approximate surface area is 132 Å². The molecule has 0 unspecified atom stereocenters. The van der Waals surface area contributed by atoms with Crippen LogP contribution in [-0.2, 0) is 15.4 Å². The molecule has 2 aliphatic rings. The standard InChI is InChI=1S/C17H22N2O2S/c1-17(2,3)13-7-9-14(10-8-13)22(20,21)19-18-16-11-12-5-4-6-15(12)16/h4-5,7-10,12,15,19H,6,11H2,1-3H3/b18-16-/t12-,15-/m0/s1. The largest absolute Gasteiger partial charge is 0.276 e. The van der Waals surface area contributed by atoms with Crippen LogP contribution < -0.4 is 4.83 Å². The average Bonchev–Trinajstić information content (AvgIpc) is 2.79. The molecule has 0 heterocycles. The van der Waals surface area contributed by atoms with Crippen LogP contribution in [0.5, 0.6) is 0 Å². The predicted molar refractivity (Wildman–Crippen MR) is 88.3 cm³/mol. The molecule has 22 heavy (non-hydrogen) atoms. The van der Waals surface area contributed by atoms with Gasteiger partial charge in [0.2, 0.25) is 0 Å². The lowest BCUT2D eigenvalue weighted by atomic mass is 9.74. The minimum Gasteiger partial charge on any atom is -0.200 e. The van der Waals surface area contributed by atoms with E-state index in [1.54, 1.807) is 12.1 Å². The van der Waals surface area contributed by atoms with E-state index in [1.807, 2.05) is 12.1 Å². The van der Waals surface area contributed by atoms with Crippen molar-refractivity contribution in [1.29, 1.82) is 0 Å². The first-order valence-electron chi connectivity index (χ1n) is 7.63. The van der Waals surface area contributed by atoms with Gasteiger partial charge in [0.1, 0.15) is 0 Å². The Kier molecular flexibility index (Phi) is 3.63. The Hall–Kier alpha value is -1.62. The quantitative estimate of drug-likeness (QED) is 0.687. The van der Waals surface area contributed by atoms with Crippen LogP contribution in [0.2, 0.25) is 0 Å². The van der Waals surface area contributed by atoms with Gasteiger partial charge in [-0.3, -0.25) is 0 Å². The van der Waals surface area contributed by atoms with E-state index in [1.165, 1.54) is 0 Å². The first-order chi connectivity index (χ1) is 10.3. The molecule has 0 spiro atoms. The number of rotatable bonds is 3. The molecule has 4 nitrogen and oxygen atoms in total. The predicted octanol–water partition coefficient (Wildman–Crippen LogP) is 3.21. The molecule has 1 fully saturated rings. The summed E-state index contributed by atoms with van der Waals surface area (Å²) in [5.41, 5.74) is 2.08. The van der Waals surface area contributed by atoms with Crippen molar-refractivity contribution in [2.45, 2.75) is 43.9 Å². The van der Waals surface area contributed by atoms with Gasteiger partial charge in [-0.15, -0.1) is 0 Å². The fourth-order valence-corrected chi connectivity index (χ4v) is 3.81. The van der Waals surface area contributed by atoms with Gasteiger partial charge in [0.25, 0.3) is 10.0 Å². The van der Waals surface area contributed by atoms with E-state index in [0.717, 1.165) is 24.1 Å². The van der Waals surface area contributed by atoms with Gasteiger partial charge in [-0.1, -0.05) is 45.1 Å². The monoisotopic (exact) mass is 318 g/mol. The van der Waals surface area contributed by atoms with Gasteiger partial charge in [0.05, 0.1) is 4.90 Å². The van der Waals surface area contributed by atoms with Gasteiger partial charge >= 0.3 is 0 Å². The fourth-order valence-electron chi connectivity index (χ4n) is 2.97. The van der Waals surface area contributed by atoms with Crippen LogP contribution in [0, 0.1) is 11.8 Å². The van der Waals surface area contributed by atoms with Gasteiger partial charge in [-0.25, -0.2) is 4.83 Å². The number of nitrogens with zero attached hydrogens (tertiary/aromatic N) is 1. The Balaban J connectivity index is 1.72. The van der Waals surface area contributed by atoms with Crippen LogP contribution in [-0.4, -0.2) is 14.1 Å². The second kappa shape index (κ2) is 5.23. The average molecular weight is 318 g/mol. The second-order valence-electron chi connectivity index (χ2n) is 7.11. The molecule has 2 aliphatic carbocycles. The van der Waals surface area contributed by atoms with Crippen LogP contribution in [0.15, 0.2) is 46.4 Å². The maximum Gasteiger partial charge on any atom is 0.276 e. The van der Waals surface area contributed by atoms with Crippen molar-refractivity contribution in [3.63, 3.8) is 0 Å². The zero-order valence-electron chi connectivity index (χ0n) is 13.2. The zero-order chi connectivity index (χ0) is 16.0. The summed E-state index contributed by atoms with van der Waals surface area (Å²) in [7, 11) is -3.58. The van der Waals surface area contributed by atoms with Crippen LogP contribution in [0.25, 0.3) is 0 Å². The van der Waals surface area contributed by atoms with Crippen molar-refractivity contribution in [3.8, 4) is 0 Å². The van der Waals surface area contributed by atoms with E-state index in [0.29, 0.717) is 11.8 Å². The molecule has 3 rings (SSSR count). The summed E-state index contributed by atoms with van der Waals surface area (Å²) in [6, 6.07) is 7.01. The molecule has 0 saturated heterocycles. The van der Waals surface area contributed by atoms with Crippen molar-refractivity contribution >= 4 is 15.7 Å². The maximum absolute atomic E-state index is 12.3. The molecule has 1 N–H and O–H groups in total. The molecule has 1 aromatic carbocycles. The normalized spacial score (nSPS) is 25.9. The molecule has 5 heteroatoms. The number of fused-ring (bicyclic) bond motifs is 1. The number of allylic oxidation sites excluding steroid dienone is 2. The molecule has 118 valence electrons. The summed E-state index contributed by atoms with van der Waals surface area (Å²) < 4.78 is 24.6. The van der Waals surface area contributed by atoms with Gasteiger partial charge in [0.15, 0.2) is 0 Å². The third-order valence-corrected chi connectivity index (χ3v) is 5.73. The van der Waals surface area contributed by atoms with Gasteiger partial charge < -0.3 is 0 Å². The Bertz CT molecular complexity index is 725. The zero-order valence-corrected chi connectivity index (χ0v) is 14.0. The number of nitrogens with one attached hydrogen (secondary N) is 1. The van der Waals surface area contributed by atoms with Crippen molar-refractivity contribution in [1.82, 2.24) is 4.83 Å². The summed E-state index contributed by atoms with van der Waals surface area (Å²) in [4.78, 5) is 2.64. The highest BCUT2D eigenvalue weighted by atomic mass is 32.2. The summed E-state index contributed by atoms with van der Waals surface area (Å²) in [5, 5.41) is 4.13. The van der Waals surface area contributed by atoms with Crippen LogP contribution >= 0.6 is 0 Å². The van der Waals surface area contributed by atoms with E-state index >= 15 is 0 Å². The third-order valence-electron chi connectivity index (χ3n) is 4.50. The topological polar surface area (TPSA) is 58.5 Å². The molecule has 0 amide bonds. The number of hydrogen-bond acceptors (Lipinski definition) is 3. The highest BCUT2D eigenvalue weighted by molar-refractivity contribution is 7.89. The van der Waals surface area contributed by atoms with Crippen LogP contribution in [0.1, 0.15) is 39.2 Å². The highest BCUT2D eigenvalue weighted by Crippen LogP contribution is 2.40. The molecule has 0 aromatic heterocycles. The smallest absolute Gasteiger partial charge is 0.200 e. The van der Waals surface area contributed by atoms with E-state index in [2.05, 4.69) is 42.9 Å². The van der Waals surface area contributed by atoms with Gasteiger partial charge in [0, 0.05) is 11.6 Å². The molecule has 2 atom stereocenters. The lowest BCUT2D eigenvalue weighted by molar-refractivity contribution is 0.463. The number of benzene rings is 1. The van der Waals surface area contributed by atoms with Gasteiger partial charge in [-0.05, 0) is 41.9 Å². The van der Waals surface area contributed by atoms with E-state index in [4.69, 9.17) is 0 Å². The molecule has 1 saturated carbocycles. The first-order valence-corrected chi connectivity index (χ1v) is 9.11. The first kappa shape index (κ1) is 15.3. The number of hydrazone groups is 1. The van der Waals surface area contributed by atoms with Crippen molar-refractivity contribution < 1.29 is 8.42 Å². The second-order valence-corrected chi connectivity index (χ2v) is 8.77. The van der Waals surface area contributed by atoms with Crippen LogP contribution in [0.4, 0.5) is 0 Å². The molecular formula is C17H22N2O2S. The van der Waals surface area contributed by atoms with Crippen molar-refractivity contribution in [2.75, 3.05) is 0 Å².